The fraction of sp³-hybridized carbons (Fsp3) is 0.350. The van der Waals surface area contributed by atoms with E-state index in [0.29, 0.717) is 30.2 Å². The maximum absolute atomic E-state index is 13.0. The van der Waals surface area contributed by atoms with E-state index in [1.54, 1.807) is 24.3 Å². The van der Waals surface area contributed by atoms with Crippen molar-refractivity contribution >= 4 is 15.7 Å². The first-order valence-corrected chi connectivity index (χ1v) is 10.9. The topological polar surface area (TPSA) is 100 Å². The van der Waals surface area contributed by atoms with Gasteiger partial charge in [-0.3, -0.25) is 0 Å². The van der Waals surface area contributed by atoms with Gasteiger partial charge in [0.05, 0.1) is 23.1 Å². The number of pyridine rings is 1. The van der Waals surface area contributed by atoms with Crippen molar-refractivity contribution in [3.63, 3.8) is 0 Å². The number of nitriles is 1. The summed E-state index contributed by atoms with van der Waals surface area (Å²) < 4.78 is 29.9. The maximum Gasteiger partial charge on any atom is 0.350 e. The van der Waals surface area contributed by atoms with Crippen LogP contribution < -0.4 is 5.69 Å². The van der Waals surface area contributed by atoms with Crippen LogP contribution in [0.4, 0.5) is 0 Å². The molecule has 29 heavy (non-hydrogen) atoms. The molecular weight excluding hydrogens is 390 g/mol. The summed E-state index contributed by atoms with van der Waals surface area (Å²) in [6.07, 6.45) is 3.02. The lowest BCUT2D eigenvalue weighted by atomic mass is 10.0. The molecule has 0 N–H and O–H groups in total. The van der Waals surface area contributed by atoms with Gasteiger partial charge in [0.25, 0.3) is 0 Å². The molecule has 0 atom stereocenters. The maximum atomic E-state index is 13.0. The van der Waals surface area contributed by atoms with Gasteiger partial charge >= 0.3 is 5.69 Å². The molecule has 0 radical (unpaired) electrons. The van der Waals surface area contributed by atoms with Crippen LogP contribution >= 0.6 is 0 Å². The first kappa shape index (κ1) is 19.4. The van der Waals surface area contributed by atoms with Gasteiger partial charge in [0.2, 0.25) is 10.0 Å². The van der Waals surface area contributed by atoms with Crippen LogP contribution in [-0.4, -0.2) is 40.0 Å². The van der Waals surface area contributed by atoms with Gasteiger partial charge in [0.1, 0.15) is 0 Å². The van der Waals surface area contributed by atoms with E-state index in [9.17, 15) is 13.2 Å². The molecule has 1 aliphatic rings. The molecular formula is C20H21N5O3S. The van der Waals surface area contributed by atoms with E-state index < -0.39 is 15.7 Å². The second kappa shape index (κ2) is 7.46. The number of fused-ring (bicyclic) bond motifs is 1. The van der Waals surface area contributed by atoms with Gasteiger partial charge in [-0.15, -0.1) is 5.10 Å². The van der Waals surface area contributed by atoms with Crippen molar-refractivity contribution in [2.75, 3.05) is 13.1 Å². The van der Waals surface area contributed by atoms with Crippen molar-refractivity contribution in [3.8, 4) is 6.07 Å². The average Bonchev–Trinajstić information content (AvgIpc) is 3.03. The van der Waals surface area contributed by atoms with Gasteiger partial charge in [-0.2, -0.15) is 9.57 Å². The van der Waals surface area contributed by atoms with Gasteiger partial charge in [-0.05, 0) is 48.6 Å². The second-order valence-corrected chi connectivity index (χ2v) is 9.37. The summed E-state index contributed by atoms with van der Waals surface area (Å²) in [7, 11) is -3.65. The minimum atomic E-state index is -3.65. The van der Waals surface area contributed by atoms with E-state index >= 15 is 0 Å². The molecule has 1 fully saturated rings. The van der Waals surface area contributed by atoms with Crippen molar-refractivity contribution in [2.24, 2.45) is 5.92 Å². The molecule has 0 amide bonds. The zero-order chi connectivity index (χ0) is 20.6. The predicted molar refractivity (Wildman–Crippen MR) is 107 cm³/mol. The van der Waals surface area contributed by atoms with Crippen molar-refractivity contribution in [2.45, 2.75) is 31.2 Å². The smallest absolute Gasteiger partial charge is 0.249 e. The summed E-state index contributed by atoms with van der Waals surface area (Å²) in [5, 5.41) is 13.3. The lowest BCUT2D eigenvalue weighted by Crippen LogP contribution is -2.38. The third kappa shape index (κ3) is 3.69. The molecule has 0 spiro atoms. The highest BCUT2D eigenvalue weighted by Crippen LogP contribution is 2.23. The summed E-state index contributed by atoms with van der Waals surface area (Å²) in [5.41, 5.74) is 1.22. The van der Waals surface area contributed by atoms with Crippen molar-refractivity contribution in [3.05, 3.63) is 64.2 Å². The normalized spacial score (nSPS) is 16.1. The lowest BCUT2D eigenvalue weighted by Gasteiger charge is -2.29. The Balaban J connectivity index is 1.67. The Kier molecular flexibility index (Phi) is 4.98. The van der Waals surface area contributed by atoms with E-state index in [1.165, 1.54) is 25.7 Å². The first-order valence-electron chi connectivity index (χ1n) is 9.47. The quantitative estimate of drug-likeness (QED) is 0.652. The number of rotatable bonds is 4. The van der Waals surface area contributed by atoms with Gasteiger partial charge in [-0.1, -0.05) is 19.1 Å². The predicted octanol–water partition coefficient (Wildman–Crippen LogP) is 1.84. The van der Waals surface area contributed by atoms with Crippen LogP contribution in [0.25, 0.3) is 5.65 Å². The summed E-state index contributed by atoms with van der Waals surface area (Å²) in [5.74, 6) is 0.518. The Morgan fingerprint density at radius 2 is 1.97 bits per heavy atom. The average molecular weight is 411 g/mol. The van der Waals surface area contributed by atoms with Gasteiger partial charge < -0.3 is 0 Å². The van der Waals surface area contributed by atoms with Gasteiger partial charge in [0.15, 0.2) is 5.65 Å². The number of hydrogen-bond donors (Lipinski definition) is 0. The molecule has 0 aliphatic carbocycles. The molecule has 1 aromatic carbocycles. The monoisotopic (exact) mass is 411 g/mol. The largest absolute Gasteiger partial charge is 0.350 e. The first-order chi connectivity index (χ1) is 13.9. The molecule has 0 bridgehead atoms. The molecule has 3 heterocycles. The van der Waals surface area contributed by atoms with Crippen LogP contribution in [-0.2, 0) is 16.6 Å². The molecule has 1 saturated heterocycles. The van der Waals surface area contributed by atoms with E-state index in [4.69, 9.17) is 5.26 Å². The third-order valence-electron chi connectivity index (χ3n) is 5.32. The Morgan fingerprint density at radius 1 is 1.21 bits per heavy atom. The van der Waals surface area contributed by atoms with Crippen molar-refractivity contribution in [1.82, 2.24) is 18.5 Å². The minimum Gasteiger partial charge on any atom is -0.249 e. The SMILES string of the molecule is CC1CCN(S(=O)(=O)c2ccc3nn(Cc4cccc(C#N)c4)c(=O)n3c2)CC1. The fourth-order valence-electron chi connectivity index (χ4n) is 3.54. The molecule has 9 heteroatoms. The Hall–Kier alpha value is -2.96. The molecule has 4 rings (SSSR count). The Bertz CT molecular complexity index is 1260. The number of benzene rings is 1. The van der Waals surface area contributed by atoms with Gasteiger partial charge in [0, 0.05) is 19.3 Å². The molecule has 8 nitrogen and oxygen atoms in total. The number of nitrogens with zero attached hydrogens (tertiary/aromatic N) is 5. The van der Waals surface area contributed by atoms with Crippen molar-refractivity contribution in [1.29, 1.82) is 5.26 Å². The number of piperidine rings is 1. The van der Waals surface area contributed by atoms with Gasteiger partial charge in [-0.25, -0.2) is 22.3 Å². The van der Waals surface area contributed by atoms with E-state index in [0.717, 1.165) is 18.4 Å². The van der Waals surface area contributed by atoms with Crippen LogP contribution in [0.5, 0.6) is 0 Å². The number of aromatic nitrogens is 3. The lowest BCUT2D eigenvalue weighted by molar-refractivity contribution is 0.288. The Morgan fingerprint density at radius 3 is 2.69 bits per heavy atom. The molecule has 0 unspecified atom stereocenters. The summed E-state index contributed by atoms with van der Waals surface area (Å²) >= 11 is 0. The summed E-state index contributed by atoms with van der Waals surface area (Å²) in [6, 6.07) is 12.1. The molecule has 1 aliphatic heterocycles. The van der Waals surface area contributed by atoms with Crippen LogP contribution in [0.3, 0.4) is 0 Å². The molecule has 2 aromatic heterocycles. The summed E-state index contributed by atoms with van der Waals surface area (Å²) in [4.78, 5) is 12.9. The molecule has 0 saturated carbocycles. The highest BCUT2D eigenvalue weighted by molar-refractivity contribution is 7.89. The zero-order valence-electron chi connectivity index (χ0n) is 16.0. The number of sulfonamides is 1. The van der Waals surface area contributed by atoms with Crippen LogP contribution in [0, 0.1) is 17.2 Å². The second-order valence-electron chi connectivity index (χ2n) is 7.43. The fourth-order valence-corrected chi connectivity index (χ4v) is 5.01. The third-order valence-corrected chi connectivity index (χ3v) is 7.20. The zero-order valence-corrected chi connectivity index (χ0v) is 16.8. The standard InChI is InChI=1S/C20H21N5O3S/c1-15-7-9-23(10-8-15)29(27,28)18-5-6-19-22-25(20(26)24(19)14-18)13-17-4-2-3-16(11-17)12-21/h2-6,11,14-15H,7-10,13H2,1H3. The van der Waals surface area contributed by atoms with Crippen LogP contribution in [0.2, 0.25) is 0 Å². The number of hydrogen-bond acceptors (Lipinski definition) is 5. The van der Waals surface area contributed by atoms with E-state index in [-0.39, 0.29) is 11.4 Å². The van der Waals surface area contributed by atoms with Crippen molar-refractivity contribution < 1.29 is 8.42 Å². The molecule has 150 valence electrons. The summed E-state index contributed by atoms with van der Waals surface area (Å²) in [6.45, 7) is 3.30. The van der Waals surface area contributed by atoms with Crippen LogP contribution in [0.1, 0.15) is 30.9 Å². The van der Waals surface area contributed by atoms with E-state index in [1.807, 2.05) is 6.07 Å². The van der Waals surface area contributed by atoms with Crippen LogP contribution in [0.15, 0.2) is 52.3 Å². The highest BCUT2D eigenvalue weighted by atomic mass is 32.2. The van der Waals surface area contributed by atoms with E-state index in [2.05, 4.69) is 18.1 Å². The minimum absolute atomic E-state index is 0.0904. The highest BCUT2D eigenvalue weighted by Gasteiger charge is 2.28. The molecule has 3 aromatic rings. The Labute approximate surface area is 168 Å².